The Bertz CT molecular complexity index is 823. The van der Waals surface area contributed by atoms with Crippen molar-refractivity contribution in [2.45, 2.75) is 84.0 Å². The van der Waals surface area contributed by atoms with Crippen molar-refractivity contribution >= 4 is 27.4 Å². The largest absolute Gasteiger partial charge is 0.490 e. The second kappa shape index (κ2) is 14.6. The molecule has 0 spiro atoms. The molecule has 1 amide bonds. The van der Waals surface area contributed by atoms with Crippen LogP contribution in [0.4, 0.5) is 4.39 Å². The van der Waals surface area contributed by atoms with Crippen LogP contribution in [0, 0.1) is 11.2 Å². The third kappa shape index (κ3) is 8.56. The van der Waals surface area contributed by atoms with E-state index in [0.717, 1.165) is 19.3 Å². The number of hydrogen-bond acceptors (Lipinski definition) is 3. The van der Waals surface area contributed by atoms with E-state index in [-0.39, 0.29) is 24.9 Å². The van der Waals surface area contributed by atoms with Gasteiger partial charge in [-0.05, 0) is 24.1 Å². The molecule has 0 aromatic heterocycles. The molecule has 3 N–H and O–H groups in total. The lowest BCUT2D eigenvalue weighted by Crippen LogP contribution is -2.37. The summed E-state index contributed by atoms with van der Waals surface area (Å²) in [6.45, 7) is 2.21. The van der Waals surface area contributed by atoms with E-state index >= 15 is 0 Å². The monoisotopic (exact) mass is 523 g/mol. The van der Waals surface area contributed by atoms with Crippen LogP contribution in [-0.4, -0.2) is 24.2 Å². The molecule has 0 saturated carbocycles. The summed E-state index contributed by atoms with van der Waals surface area (Å²) in [6.07, 6.45) is 15.1. The molecule has 1 atom stereocenters. The predicted molar refractivity (Wildman–Crippen MR) is 136 cm³/mol. The van der Waals surface area contributed by atoms with Crippen molar-refractivity contribution < 1.29 is 19.0 Å². The molecular formula is C27H39BrFNO3. The van der Waals surface area contributed by atoms with Gasteiger partial charge < -0.3 is 15.6 Å². The van der Waals surface area contributed by atoms with Gasteiger partial charge in [0.1, 0.15) is 18.2 Å². The highest BCUT2D eigenvalue weighted by atomic mass is 79.9. The Morgan fingerprint density at radius 3 is 2.33 bits per heavy atom. The molecule has 0 bridgehead atoms. The molecule has 1 aliphatic rings. The topological polar surface area (TPSA) is 72.6 Å². The molecule has 0 aliphatic heterocycles. The molecule has 184 valence electrons. The van der Waals surface area contributed by atoms with Gasteiger partial charge in [0, 0.05) is 16.5 Å². The number of ether oxygens (including phenoxy) is 1. The highest BCUT2D eigenvalue weighted by molar-refractivity contribution is 9.11. The minimum atomic E-state index is -0.854. The quantitative estimate of drug-likeness (QED) is 0.229. The summed E-state index contributed by atoms with van der Waals surface area (Å²) in [5, 5.41) is 9.22. The molecular weight excluding hydrogens is 485 g/mol. The molecule has 1 aromatic rings. The smallest absolute Gasteiger partial charge is 0.227 e. The molecule has 1 unspecified atom stereocenters. The predicted octanol–water partition coefficient (Wildman–Crippen LogP) is 7.01. The van der Waals surface area contributed by atoms with Crippen LogP contribution in [0.25, 0.3) is 5.57 Å². The second-order valence-corrected chi connectivity index (χ2v) is 9.96. The lowest BCUT2D eigenvalue weighted by Gasteiger charge is -2.34. The van der Waals surface area contributed by atoms with Gasteiger partial charge in [0.2, 0.25) is 5.91 Å². The van der Waals surface area contributed by atoms with Crippen LogP contribution in [-0.2, 0) is 9.53 Å². The Morgan fingerprint density at radius 2 is 1.76 bits per heavy atom. The van der Waals surface area contributed by atoms with Crippen LogP contribution in [0.2, 0.25) is 0 Å². The highest BCUT2D eigenvalue weighted by Crippen LogP contribution is 2.46. The standard InChI is InChI=1S/C27H39BrFNO3/c1-2-3-4-5-6-7-8-9-10-11-15-27(26(30)32)19-23(21-13-12-14-22(29)18-21)25(24(28)20-27)33-17-16-31/h12-14,18-19,31H,2-11,15-17,20H2,1H3,(H2,30,32). The van der Waals surface area contributed by atoms with Crippen LogP contribution < -0.4 is 5.73 Å². The number of rotatable bonds is 16. The number of benzene rings is 1. The molecule has 33 heavy (non-hydrogen) atoms. The molecule has 0 heterocycles. The van der Waals surface area contributed by atoms with Gasteiger partial charge in [-0.25, -0.2) is 4.39 Å². The van der Waals surface area contributed by atoms with Gasteiger partial charge in [-0.3, -0.25) is 4.79 Å². The fraction of sp³-hybridized carbons (Fsp3) is 0.593. The fourth-order valence-corrected chi connectivity index (χ4v) is 5.27. The number of allylic oxidation sites excluding steroid dienone is 2. The van der Waals surface area contributed by atoms with Gasteiger partial charge in [-0.1, -0.05) is 105 Å². The van der Waals surface area contributed by atoms with Crippen molar-refractivity contribution in [3.05, 3.63) is 52.0 Å². The Balaban J connectivity index is 2.06. The Morgan fingerprint density at radius 1 is 1.12 bits per heavy atom. The summed E-state index contributed by atoms with van der Waals surface area (Å²) in [6, 6.07) is 6.22. The number of carbonyl (C=O) groups is 1. The lowest BCUT2D eigenvalue weighted by molar-refractivity contribution is -0.125. The number of aliphatic hydroxyl groups excluding tert-OH is 1. The molecule has 4 nitrogen and oxygen atoms in total. The molecule has 2 rings (SSSR count). The molecule has 1 aliphatic carbocycles. The lowest BCUT2D eigenvalue weighted by atomic mass is 9.73. The molecule has 0 fully saturated rings. The molecule has 0 radical (unpaired) electrons. The maximum Gasteiger partial charge on any atom is 0.227 e. The number of primary amides is 1. The number of nitrogens with two attached hydrogens (primary N) is 1. The maximum absolute atomic E-state index is 14.0. The number of amides is 1. The molecule has 0 saturated heterocycles. The zero-order valence-electron chi connectivity index (χ0n) is 19.9. The van der Waals surface area contributed by atoms with E-state index in [1.807, 2.05) is 6.08 Å². The number of hydrogen-bond donors (Lipinski definition) is 2. The summed E-state index contributed by atoms with van der Waals surface area (Å²) in [4.78, 5) is 12.7. The summed E-state index contributed by atoms with van der Waals surface area (Å²) in [5.41, 5.74) is 6.31. The van der Waals surface area contributed by atoms with Crippen LogP contribution >= 0.6 is 15.9 Å². The van der Waals surface area contributed by atoms with Gasteiger partial charge in [0.25, 0.3) is 0 Å². The minimum Gasteiger partial charge on any atom is -0.490 e. The first kappa shape index (κ1) is 27.6. The Labute approximate surface area is 206 Å². The van der Waals surface area contributed by atoms with Crippen LogP contribution in [0.5, 0.6) is 0 Å². The molecule has 1 aromatic carbocycles. The van der Waals surface area contributed by atoms with E-state index in [9.17, 15) is 14.3 Å². The normalized spacial score (nSPS) is 18.4. The van der Waals surface area contributed by atoms with Gasteiger partial charge in [0.15, 0.2) is 0 Å². The van der Waals surface area contributed by atoms with E-state index in [0.29, 0.717) is 34.2 Å². The van der Waals surface area contributed by atoms with Crippen molar-refractivity contribution in [1.82, 2.24) is 0 Å². The van der Waals surface area contributed by atoms with Crippen molar-refractivity contribution in [1.29, 1.82) is 0 Å². The number of unbranched alkanes of at least 4 members (excludes halogenated alkanes) is 9. The summed E-state index contributed by atoms with van der Waals surface area (Å²) >= 11 is 3.58. The van der Waals surface area contributed by atoms with Gasteiger partial charge >= 0.3 is 0 Å². The average Bonchev–Trinajstić information content (AvgIpc) is 2.79. The summed E-state index contributed by atoms with van der Waals surface area (Å²) in [7, 11) is 0. The van der Waals surface area contributed by atoms with Crippen molar-refractivity contribution in [3.8, 4) is 0 Å². The van der Waals surface area contributed by atoms with Crippen molar-refractivity contribution in [3.63, 3.8) is 0 Å². The van der Waals surface area contributed by atoms with Gasteiger partial charge in [0.05, 0.1) is 12.0 Å². The van der Waals surface area contributed by atoms with E-state index < -0.39 is 5.41 Å². The SMILES string of the molecule is CCCCCCCCCCCCC1(C(N)=O)C=C(c2cccc(F)c2)C(OCCO)=C(Br)C1. The van der Waals surface area contributed by atoms with E-state index in [2.05, 4.69) is 22.9 Å². The third-order valence-electron chi connectivity index (χ3n) is 6.32. The zero-order chi connectivity index (χ0) is 24.1. The van der Waals surface area contributed by atoms with Gasteiger partial charge in [-0.15, -0.1) is 0 Å². The summed E-state index contributed by atoms with van der Waals surface area (Å²) < 4.78 is 20.4. The van der Waals surface area contributed by atoms with Crippen molar-refractivity contribution in [2.24, 2.45) is 11.1 Å². The zero-order valence-corrected chi connectivity index (χ0v) is 21.5. The van der Waals surface area contributed by atoms with E-state index in [1.165, 1.54) is 57.1 Å². The molecule has 6 heteroatoms. The fourth-order valence-electron chi connectivity index (χ4n) is 4.44. The first-order chi connectivity index (χ1) is 15.9. The maximum atomic E-state index is 14.0. The Hall–Kier alpha value is -1.66. The minimum absolute atomic E-state index is 0.110. The second-order valence-electron chi connectivity index (χ2n) is 9.00. The third-order valence-corrected chi connectivity index (χ3v) is 6.96. The highest BCUT2D eigenvalue weighted by Gasteiger charge is 2.40. The van der Waals surface area contributed by atoms with Crippen LogP contribution in [0.1, 0.15) is 89.5 Å². The summed E-state index contributed by atoms with van der Waals surface area (Å²) in [5.74, 6) is -0.226. The van der Waals surface area contributed by atoms with E-state index in [1.54, 1.807) is 12.1 Å². The van der Waals surface area contributed by atoms with E-state index in [4.69, 9.17) is 10.5 Å². The van der Waals surface area contributed by atoms with Crippen LogP contribution in [0.15, 0.2) is 40.6 Å². The Kier molecular flexibility index (Phi) is 12.2. The van der Waals surface area contributed by atoms with Crippen molar-refractivity contribution in [2.75, 3.05) is 13.2 Å². The first-order valence-electron chi connectivity index (χ1n) is 12.3. The van der Waals surface area contributed by atoms with Crippen LogP contribution in [0.3, 0.4) is 0 Å². The number of carbonyl (C=O) groups excluding carboxylic acids is 1. The number of aliphatic hydroxyl groups is 1. The first-order valence-corrected chi connectivity index (χ1v) is 13.1. The number of halogens is 2. The average molecular weight is 525 g/mol. The van der Waals surface area contributed by atoms with Gasteiger partial charge in [-0.2, -0.15) is 0 Å².